The van der Waals surface area contributed by atoms with Gasteiger partial charge in [-0.25, -0.2) is 9.18 Å². The number of benzene rings is 1. The molecule has 0 unspecified atom stereocenters. The SMILES string of the molecule is COC(=O)c1c(-c2ccc(F)cc2)csc1NC(=S)NC[C@@H]1CCCO1. The molecule has 1 aromatic carbocycles. The monoisotopic (exact) mass is 394 g/mol. The van der Waals surface area contributed by atoms with E-state index in [-0.39, 0.29) is 11.9 Å². The maximum absolute atomic E-state index is 13.2. The summed E-state index contributed by atoms with van der Waals surface area (Å²) >= 11 is 6.66. The summed E-state index contributed by atoms with van der Waals surface area (Å²) in [6.07, 6.45) is 2.23. The third-order valence-electron chi connectivity index (χ3n) is 4.08. The molecule has 8 heteroatoms. The van der Waals surface area contributed by atoms with Crippen LogP contribution in [0.5, 0.6) is 0 Å². The number of anilines is 1. The average molecular weight is 394 g/mol. The van der Waals surface area contributed by atoms with Crippen molar-refractivity contribution in [3.05, 3.63) is 41.0 Å². The van der Waals surface area contributed by atoms with E-state index in [4.69, 9.17) is 21.7 Å². The fraction of sp³-hybridized carbons (Fsp3) is 0.333. The first-order valence-corrected chi connectivity index (χ1v) is 9.49. The van der Waals surface area contributed by atoms with Crippen molar-refractivity contribution in [2.45, 2.75) is 18.9 Å². The number of hydrogen-bond donors (Lipinski definition) is 2. The quantitative estimate of drug-likeness (QED) is 0.594. The van der Waals surface area contributed by atoms with Crippen LogP contribution >= 0.6 is 23.6 Å². The predicted molar refractivity (Wildman–Crippen MR) is 104 cm³/mol. The highest BCUT2D eigenvalue weighted by Gasteiger charge is 2.22. The van der Waals surface area contributed by atoms with Crippen LogP contribution in [-0.4, -0.2) is 37.4 Å². The Morgan fingerprint density at radius 1 is 1.42 bits per heavy atom. The molecule has 5 nitrogen and oxygen atoms in total. The summed E-state index contributed by atoms with van der Waals surface area (Å²) in [7, 11) is 1.33. The van der Waals surface area contributed by atoms with Gasteiger partial charge in [-0.05, 0) is 42.8 Å². The zero-order valence-corrected chi connectivity index (χ0v) is 15.8. The molecule has 0 aliphatic carbocycles. The predicted octanol–water partition coefficient (Wildman–Crippen LogP) is 3.81. The van der Waals surface area contributed by atoms with E-state index >= 15 is 0 Å². The molecule has 1 fully saturated rings. The van der Waals surface area contributed by atoms with Crippen molar-refractivity contribution in [1.29, 1.82) is 0 Å². The maximum Gasteiger partial charge on any atom is 0.341 e. The molecule has 1 aliphatic rings. The summed E-state index contributed by atoms with van der Waals surface area (Å²) in [6, 6.07) is 5.97. The first-order valence-electron chi connectivity index (χ1n) is 8.20. The van der Waals surface area contributed by atoms with Crippen LogP contribution in [0.3, 0.4) is 0 Å². The van der Waals surface area contributed by atoms with Gasteiger partial charge in [0.25, 0.3) is 0 Å². The Hall–Kier alpha value is -2.03. The maximum atomic E-state index is 13.2. The fourth-order valence-corrected chi connectivity index (χ4v) is 3.97. The lowest BCUT2D eigenvalue weighted by molar-refractivity contribution is 0.0603. The number of thiocarbonyl (C=S) groups is 1. The Labute approximate surface area is 160 Å². The van der Waals surface area contributed by atoms with Crippen LogP contribution in [0, 0.1) is 5.82 Å². The van der Waals surface area contributed by atoms with Gasteiger partial charge in [0.05, 0.1) is 13.2 Å². The Balaban J connectivity index is 1.77. The molecule has 2 aromatic rings. The van der Waals surface area contributed by atoms with Gasteiger partial charge in [-0.3, -0.25) is 0 Å². The molecule has 0 amide bonds. The molecule has 0 bridgehead atoms. The zero-order valence-electron chi connectivity index (χ0n) is 14.2. The summed E-state index contributed by atoms with van der Waals surface area (Å²) < 4.78 is 23.6. The summed E-state index contributed by atoms with van der Waals surface area (Å²) in [5, 5.41) is 9.00. The van der Waals surface area contributed by atoms with Crippen LogP contribution in [0.4, 0.5) is 9.39 Å². The zero-order chi connectivity index (χ0) is 18.5. The van der Waals surface area contributed by atoms with Crippen LogP contribution in [-0.2, 0) is 9.47 Å². The van der Waals surface area contributed by atoms with Crippen molar-refractivity contribution in [2.24, 2.45) is 0 Å². The molecule has 0 saturated carbocycles. The van der Waals surface area contributed by atoms with Gasteiger partial charge in [-0.2, -0.15) is 0 Å². The summed E-state index contributed by atoms with van der Waals surface area (Å²) in [6.45, 7) is 1.40. The molecule has 3 rings (SSSR count). The van der Waals surface area contributed by atoms with E-state index < -0.39 is 5.97 Å². The third kappa shape index (κ3) is 4.38. The Morgan fingerprint density at radius 2 is 2.19 bits per heavy atom. The van der Waals surface area contributed by atoms with Crippen LogP contribution in [0.25, 0.3) is 11.1 Å². The molecule has 1 aliphatic heterocycles. The first-order chi connectivity index (χ1) is 12.6. The number of halogens is 1. The van der Waals surface area contributed by atoms with Crippen molar-refractivity contribution in [3.63, 3.8) is 0 Å². The lowest BCUT2D eigenvalue weighted by Gasteiger charge is -2.14. The van der Waals surface area contributed by atoms with E-state index in [9.17, 15) is 9.18 Å². The van der Waals surface area contributed by atoms with Crippen molar-refractivity contribution >= 4 is 39.6 Å². The number of nitrogens with one attached hydrogen (secondary N) is 2. The second-order valence-corrected chi connectivity index (χ2v) is 7.11. The van der Waals surface area contributed by atoms with Crippen LogP contribution in [0.1, 0.15) is 23.2 Å². The molecular weight excluding hydrogens is 375 g/mol. The number of methoxy groups -OCH3 is 1. The van der Waals surface area contributed by atoms with E-state index in [1.165, 1.54) is 30.6 Å². The van der Waals surface area contributed by atoms with E-state index in [2.05, 4.69) is 10.6 Å². The second kappa shape index (κ2) is 8.57. The number of carbonyl (C=O) groups is 1. The van der Waals surface area contributed by atoms with Crippen LogP contribution in [0.2, 0.25) is 0 Å². The number of hydrogen-bond acceptors (Lipinski definition) is 5. The largest absolute Gasteiger partial charge is 0.465 e. The summed E-state index contributed by atoms with van der Waals surface area (Å²) in [5.74, 6) is -0.809. The molecular formula is C18H19FN2O3S2. The lowest BCUT2D eigenvalue weighted by Crippen LogP contribution is -2.34. The first kappa shape index (κ1) is 18.8. The van der Waals surface area contributed by atoms with Crippen molar-refractivity contribution in [3.8, 4) is 11.1 Å². The minimum absolute atomic E-state index is 0.160. The minimum atomic E-state index is -0.477. The Kier molecular flexibility index (Phi) is 6.18. The average Bonchev–Trinajstić information content (AvgIpc) is 3.30. The number of carbonyl (C=O) groups excluding carboxylic acids is 1. The molecule has 0 radical (unpaired) electrons. The Morgan fingerprint density at radius 3 is 2.85 bits per heavy atom. The second-order valence-electron chi connectivity index (χ2n) is 5.82. The van der Waals surface area contributed by atoms with E-state index in [0.29, 0.717) is 27.8 Å². The third-order valence-corrected chi connectivity index (χ3v) is 5.22. The molecule has 2 heterocycles. The molecule has 1 aromatic heterocycles. The fourth-order valence-electron chi connectivity index (χ4n) is 2.76. The molecule has 138 valence electrons. The topological polar surface area (TPSA) is 59.6 Å². The van der Waals surface area contributed by atoms with E-state index in [0.717, 1.165) is 25.0 Å². The van der Waals surface area contributed by atoms with Crippen LogP contribution < -0.4 is 10.6 Å². The molecule has 1 atom stereocenters. The molecule has 26 heavy (non-hydrogen) atoms. The van der Waals surface area contributed by atoms with Crippen molar-refractivity contribution in [1.82, 2.24) is 5.32 Å². The highest BCUT2D eigenvalue weighted by Crippen LogP contribution is 2.36. The van der Waals surface area contributed by atoms with Gasteiger partial charge >= 0.3 is 5.97 Å². The number of esters is 1. The minimum Gasteiger partial charge on any atom is -0.465 e. The number of ether oxygens (including phenoxy) is 2. The highest BCUT2D eigenvalue weighted by molar-refractivity contribution is 7.80. The normalized spacial score (nSPS) is 16.3. The van der Waals surface area contributed by atoms with Crippen molar-refractivity contribution < 1.29 is 18.7 Å². The molecule has 1 saturated heterocycles. The highest BCUT2D eigenvalue weighted by atomic mass is 32.1. The van der Waals surface area contributed by atoms with Gasteiger partial charge in [0.15, 0.2) is 5.11 Å². The van der Waals surface area contributed by atoms with E-state index in [1.54, 1.807) is 12.1 Å². The van der Waals surface area contributed by atoms with Gasteiger partial charge in [0, 0.05) is 24.1 Å². The summed E-state index contributed by atoms with van der Waals surface area (Å²) in [5.41, 5.74) is 1.78. The number of rotatable bonds is 5. The molecule has 0 spiro atoms. The van der Waals surface area contributed by atoms with E-state index in [1.807, 2.05) is 5.38 Å². The lowest BCUT2D eigenvalue weighted by atomic mass is 10.0. The number of thiophene rings is 1. The standard InChI is InChI=1S/C18H19FN2O3S2/c1-23-17(22)15-14(11-4-6-12(19)7-5-11)10-26-16(15)21-18(25)20-9-13-3-2-8-24-13/h4-7,10,13H,2-3,8-9H2,1H3,(H2,20,21,25)/t13-/m0/s1. The summed E-state index contributed by atoms with van der Waals surface area (Å²) in [4.78, 5) is 12.3. The Bertz CT molecular complexity index is 786. The van der Waals surface area contributed by atoms with Gasteiger partial charge in [0.2, 0.25) is 0 Å². The van der Waals surface area contributed by atoms with Gasteiger partial charge in [-0.1, -0.05) is 12.1 Å². The van der Waals surface area contributed by atoms with Crippen molar-refractivity contribution in [2.75, 3.05) is 25.6 Å². The van der Waals surface area contributed by atoms with Gasteiger partial charge in [-0.15, -0.1) is 11.3 Å². The van der Waals surface area contributed by atoms with Crippen LogP contribution in [0.15, 0.2) is 29.6 Å². The smallest absolute Gasteiger partial charge is 0.341 e. The van der Waals surface area contributed by atoms with Gasteiger partial charge in [0.1, 0.15) is 16.4 Å². The molecule has 2 N–H and O–H groups in total. The van der Waals surface area contributed by atoms with Gasteiger partial charge < -0.3 is 20.1 Å².